The Morgan fingerprint density at radius 3 is 2.72 bits per heavy atom. The third kappa shape index (κ3) is 3.42. The van der Waals surface area contributed by atoms with E-state index in [4.69, 9.17) is 4.74 Å². The van der Waals surface area contributed by atoms with Crippen LogP contribution in [-0.2, 0) is 18.3 Å². The molecule has 150 valence electrons. The number of pyridine rings is 1. The minimum absolute atomic E-state index is 0.171. The van der Waals surface area contributed by atoms with Crippen LogP contribution in [0.15, 0.2) is 54.7 Å². The highest BCUT2D eigenvalue weighted by molar-refractivity contribution is 5.81. The lowest BCUT2D eigenvalue weighted by Gasteiger charge is -2.38. The van der Waals surface area contributed by atoms with E-state index in [1.54, 1.807) is 0 Å². The standard InChI is InChI=1S/C26H29NO2/c1-25(2,22-8-5-6-18-13-15-29-24(18)22)17-26(28,20-10-11-20)16-19-12-14-27-23-9-4-3-7-21(19)23/h3-9,12,14,20,28H,10-11,13,15-17H2,1-2H3. The molecule has 0 saturated heterocycles. The number of nitrogens with zero attached hydrogens (tertiary/aromatic N) is 1. The number of ether oxygens (including phenoxy) is 1. The molecule has 1 aromatic heterocycles. The SMILES string of the molecule is CC(C)(CC(O)(Cc1ccnc2ccccc12)C1CC1)c1cccc2c1OCC2. The van der Waals surface area contributed by atoms with Gasteiger partial charge in [-0.15, -0.1) is 0 Å². The lowest BCUT2D eigenvalue weighted by molar-refractivity contribution is -0.00798. The van der Waals surface area contributed by atoms with Gasteiger partial charge < -0.3 is 9.84 Å². The van der Waals surface area contributed by atoms with E-state index < -0.39 is 5.60 Å². The van der Waals surface area contributed by atoms with Crippen LogP contribution in [0.25, 0.3) is 10.9 Å². The molecule has 1 aliphatic heterocycles. The van der Waals surface area contributed by atoms with Crippen LogP contribution in [0.2, 0.25) is 0 Å². The summed E-state index contributed by atoms with van der Waals surface area (Å²) in [6.45, 7) is 5.27. The Hall–Kier alpha value is -2.39. The van der Waals surface area contributed by atoms with E-state index >= 15 is 0 Å². The second-order valence-electron chi connectivity index (χ2n) is 9.49. The normalized spacial score (nSPS) is 18.3. The molecule has 0 spiro atoms. The molecule has 1 unspecified atom stereocenters. The number of benzene rings is 2. The first kappa shape index (κ1) is 18.6. The van der Waals surface area contributed by atoms with Gasteiger partial charge in [0.15, 0.2) is 0 Å². The van der Waals surface area contributed by atoms with Crippen molar-refractivity contribution in [1.29, 1.82) is 0 Å². The first-order chi connectivity index (χ1) is 14.0. The summed E-state index contributed by atoms with van der Waals surface area (Å²) in [5, 5.41) is 13.1. The summed E-state index contributed by atoms with van der Waals surface area (Å²) in [5.41, 5.74) is 3.81. The molecule has 1 aliphatic carbocycles. The average molecular weight is 388 g/mol. The predicted molar refractivity (Wildman–Crippen MR) is 116 cm³/mol. The van der Waals surface area contributed by atoms with Crippen molar-refractivity contribution in [2.24, 2.45) is 5.92 Å². The highest BCUT2D eigenvalue weighted by Crippen LogP contribution is 2.49. The molecule has 0 bridgehead atoms. The molecule has 3 heteroatoms. The largest absolute Gasteiger partial charge is 0.493 e. The topological polar surface area (TPSA) is 42.4 Å². The smallest absolute Gasteiger partial charge is 0.126 e. The molecule has 0 amide bonds. The second kappa shape index (κ2) is 6.84. The van der Waals surface area contributed by atoms with E-state index in [9.17, 15) is 5.11 Å². The summed E-state index contributed by atoms with van der Waals surface area (Å²) >= 11 is 0. The van der Waals surface area contributed by atoms with E-state index in [1.807, 2.05) is 18.3 Å². The molecule has 29 heavy (non-hydrogen) atoms. The highest BCUT2D eigenvalue weighted by Gasteiger charge is 2.47. The minimum atomic E-state index is -0.727. The first-order valence-corrected chi connectivity index (χ1v) is 10.8. The van der Waals surface area contributed by atoms with Gasteiger partial charge in [0.1, 0.15) is 5.75 Å². The highest BCUT2D eigenvalue weighted by atomic mass is 16.5. The van der Waals surface area contributed by atoms with Crippen molar-refractivity contribution >= 4 is 10.9 Å². The van der Waals surface area contributed by atoms with Crippen LogP contribution in [0.4, 0.5) is 0 Å². The van der Waals surface area contributed by atoms with Crippen molar-refractivity contribution in [3.63, 3.8) is 0 Å². The predicted octanol–water partition coefficient (Wildman–Crippen LogP) is 5.22. The Bertz CT molecular complexity index is 1050. The maximum Gasteiger partial charge on any atom is 0.126 e. The van der Waals surface area contributed by atoms with Gasteiger partial charge in [0, 0.05) is 30.0 Å². The lowest BCUT2D eigenvalue weighted by Crippen LogP contribution is -2.41. The number of hydrogen-bond acceptors (Lipinski definition) is 3. The fourth-order valence-corrected chi connectivity index (χ4v) is 5.22. The number of aromatic nitrogens is 1. The summed E-state index contributed by atoms with van der Waals surface area (Å²) in [7, 11) is 0. The van der Waals surface area contributed by atoms with Gasteiger partial charge in [-0.1, -0.05) is 50.2 Å². The lowest BCUT2D eigenvalue weighted by atomic mass is 9.71. The van der Waals surface area contributed by atoms with Crippen LogP contribution in [-0.4, -0.2) is 22.3 Å². The van der Waals surface area contributed by atoms with Crippen molar-refractivity contribution in [3.05, 3.63) is 71.4 Å². The number of hydrogen-bond donors (Lipinski definition) is 1. The van der Waals surface area contributed by atoms with Crippen molar-refractivity contribution in [2.45, 2.75) is 57.0 Å². The third-order valence-corrected chi connectivity index (χ3v) is 6.76. The molecule has 3 nitrogen and oxygen atoms in total. The zero-order valence-electron chi connectivity index (χ0n) is 17.3. The first-order valence-electron chi connectivity index (χ1n) is 10.8. The molecule has 2 aromatic carbocycles. The zero-order valence-corrected chi connectivity index (χ0v) is 17.3. The Labute approximate surface area is 172 Å². The number of aliphatic hydroxyl groups is 1. The molecule has 1 fully saturated rings. The molecule has 5 rings (SSSR count). The van der Waals surface area contributed by atoms with Crippen molar-refractivity contribution in [3.8, 4) is 5.75 Å². The van der Waals surface area contributed by atoms with Gasteiger partial charge in [0.05, 0.1) is 17.7 Å². The maximum atomic E-state index is 11.9. The molecule has 2 aliphatic rings. The zero-order chi connectivity index (χ0) is 20.1. The molecule has 1 saturated carbocycles. The van der Waals surface area contributed by atoms with Crippen LogP contribution < -0.4 is 4.74 Å². The van der Waals surface area contributed by atoms with Crippen molar-refractivity contribution in [2.75, 3.05) is 6.61 Å². The van der Waals surface area contributed by atoms with Gasteiger partial charge in [-0.2, -0.15) is 0 Å². The van der Waals surface area contributed by atoms with Crippen LogP contribution >= 0.6 is 0 Å². The third-order valence-electron chi connectivity index (χ3n) is 6.76. The quantitative estimate of drug-likeness (QED) is 0.630. The average Bonchev–Trinajstić information content (AvgIpc) is 3.46. The molecular weight excluding hydrogens is 358 g/mol. The van der Waals surface area contributed by atoms with Crippen LogP contribution in [0.3, 0.4) is 0 Å². The second-order valence-corrected chi connectivity index (χ2v) is 9.49. The summed E-state index contributed by atoms with van der Waals surface area (Å²) in [6.07, 6.45) is 6.46. The monoisotopic (exact) mass is 387 g/mol. The summed E-state index contributed by atoms with van der Waals surface area (Å²) in [6, 6.07) is 16.8. The number of fused-ring (bicyclic) bond motifs is 2. The molecule has 3 aromatic rings. The molecule has 0 radical (unpaired) electrons. The number of rotatable bonds is 6. The van der Waals surface area contributed by atoms with Crippen LogP contribution in [0, 0.1) is 5.92 Å². The van der Waals surface area contributed by atoms with E-state index in [0.29, 0.717) is 12.3 Å². The summed E-state index contributed by atoms with van der Waals surface area (Å²) in [4.78, 5) is 4.50. The van der Waals surface area contributed by atoms with E-state index in [2.05, 4.69) is 55.2 Å². The maximum absolute atomic E-state index is 11.9. The van der Waals surface area contributed by atoms with E-state index in [-0.39, 0.29) is 5.41 Å². The fourth-order valence-electron chi connectivity index (χ4n) is 5.22. The molecule has 1 atom stereocenters. The number of para-hydroxylation sites is 2. The molecule has 2 heterocycles. The van der Waals surface area contributed by atoms with Crippen molar-refractivity contribution in [1.82, 2.24) is 4.98 Å². The molecule has 1 N–H and O–H groups in total. The van der Waals surface area contributed by atoms with Gasteiger partial charge >= 0.3 is 0 Å². The van der Waals surface area contributed by atoms with Gasteiger partial charge in [-0.25, -0.2) is 0 Å². The Kier molecular flexibility index (Phi) is 4.40. The van der Waals surface area contributed by atoms with Crippen molar-refractivity contribution < 1.29 is 9.84 Å². The Balaban J connectivity index is 1.49. The van der Waals surface area contributed by atoms with Crippen LogP contribution in [0.1, 0.15) is 49.8 Å². The van der Waals surface area contributed by atoms with Crippen LogP contribution in [0.5, 0.6) is 5.75 Å². The summed E-state index contributed by atoms with van der Waals surface area (Å²) < 4.78 is 5.99. The van der Waals surface area contributed by atoms with Gasteiger partial charge in [0.2, 0.25) is 0 Å². The van der Waals surface area contributed by atoms with E-state index in [0.717, 1.165) is 48.9 Å². The Morgan fingerprint density at radius 2 is 1.90 bits per heavy atom. The van der Waals surface area contributed by atoms with Gasteiger partial charge in [-0.05, 0) is 53.9 Å². The fraction of sp³-hybridized carbons (Fsp3) is 0.423. The van der Waals surface area contributed by atoms with E-state index in [1.165, 1.54) is 16.7 Å². The van der Waals surface area contributed by atoms with Gasteiger partial charge in [0.25, 0.3) is 0 Å². The van der Waals surface area contributed by atoms with Gasteiger partial charge in [-0.3, -0.25) is 4.98 Å². The summed E-state index contributed by atoms with van der Waals surface area (Å²) in [5.74, 6) is 1.41. The molecular formula is C26H29NO2. The Morgan fingerprint density at radius 1 is 1.07 bits per heavy atom. The minimum Gasteiger partial charge on any atom is -0.493 e.